The van der Waals surface area contributed by atoms with Gasteiger partial charge in [0.25, 0.3) is 0 Å². The van der Waals surface area contributed by atoms with Crippen molar-refractivity contribution in [3.05, 3.63) is 46.1 Å². The van der Waals surface area contributed by atoms with Gasteiger partial charge in [0.2, 0.25) is 5.89 Å². The van der Waals surface area contributed by atoms with Crippen LogP contribution in [0.1, 0.15) is 42.1 Å². The zero-order valence-electron chi connectivity index (χ0n) is 17.3. The number of hydrogen-bond acceptors (Lipinski definition) is 6. The van der Waals surface area contributed by atoms with Gasteiger partial charge in [-0.2, -0.15) is 0 Å². The lowest BCUT2D eigenvalue weighted by Crippen LogP contribution is -2.43. The van der Waals surface area contributed by atoms with E-state index >= 15 is 0 Å². The molecule has 0 aliphatic carbocycles. The molecule has 1 N–H and O–H groups in total. The zero-order valence-corrected chi connectivity index (χ0v) is 18.8. The van der Waals surface area contributed by atoms with Crippen LogP contribution >= 0.6 is 23.2 Å². The molecule has 0 spiro atoms. The molecule has 31 heavy (non-hydrogen) atoms. The van der Waals surface area contributed by atoms with E-state index < -0.39 is 5.97 Å². The molecule has 2 aliphatic rings. The van der Waals surface area contributed by atoms with Crippen LogP contribution in [0.3, 0.4) is 0 Å². The first-order valence-corrected chi connectivity index (χ1v) is 11.5. The Bertz CT molecular complexity index is 891. The predicted octanol–water partition coefficient (Wildman–Crippen LogP) is 4.44. The average molecular weight is 468 g/mol. The molecule has 0 saturated carbocycles. The molecule has 3 heterocycles. The van der Waals surface area contributed by atoms with Crippen molar-refractivity contribution in [2.24, 2.45) is 5.92 Å². The summed E-state index contributed by atoms with van der Waals surface area (Å²) in [4.78, 5) is 19.8. The topological polar surface area (TPSA) is 79.0 Å². The van der Waals surface area contributed by atoms with Crippen molar-refractivity contribution in [1.29, 1.82) is 0 Å². The van der Waals surface area contributed by atoms with Crippen LogP contribution in [0.25, 0.3) is 0 Å². The molecule has 1 aromatic carbocycles. The Balaban J connectivity index is 1.16. The first-order valence-electron chi connectivity index (χ1n) is 10.7. The predicted molar refractivity (Wildman–Crippen MR) is 118 cm³/mol. The van der Waals surface area contributed by atoms with Crippen molar-refractivity contribution in [3.63, 3.8) is 0 Å². The molecule has 2 aliphatic heterocycles. The largest absolute Gasteiger partial charge is 0.490 e. The van der Waals surface area contributed by atoms with Crippen LogP contribution in [0.4, 0.5) is 0 Å². The molecule has 4 rings (SSSR count). The third-order valence-corrected chi connectivity index (χ3v) is 6.82. The minimum absolute atomic E-state index is 0.0311. The average Bonchev–Trinajstić information content (AvgIpc) is 3.23. The number of benzene rings is 1. The highest BCUT2D eigenvalue weighted by molar-refractivity contribution is 6.42. The van der Waals surface area contributed by atoms with Crippen molar-refractivity contribution < 1.29 is 19.1 Å². The Morgan fingerprint density at radius 1 is 1.10 bits per heavy atom. The second-order valence-corrected chi connectivity index (χ2v) is 9.16. The third-order valence-electron chi connectivity index (χ3n) is 6.08. The number of nitrogens with zero attached hydrogens (tertiary/aromatic N) is 3. The zero-order chi connectivity index (χ0) is 21.8. The van der Waals surface area contributed by atoms with E-state index in [9.17, 15) is 4.79 Å². The second-order valence-electron chi connectivity index (χ2n) is 8.34. The number of piperidine rings is 2. The first kappa shape index (κ1) is 22.4. The number of aromatic carboxylic acids is 1. The lowest BCUT2D eigenvalue weighted by atomic mass is 9.95. The van der Waals surface area contributed by atoms with Crippen LogP contribution in [-0.2, 0) is 6.54 Å². The van der Waals surface area contributed by atoms with E-state index in [0.29, 0.717) is 28.4 Å². The molecule has 0 unspecified atom stereocenters. The SMILES string of the molecule is O=C(O)c1coc(CN2CCC(CN3CCC(Oc4ccc(Cl)c(Cl)c4)CC3)CC2)n1. The van der Waals surface area contributed by atoms with E-state index in [-0.39, 0.29) is 11.8 Å². The third kappa shape index (κ3) is 6.13. The lowest BCUT2D eigenvalue weighted by Gasteiger charge is -2.37. The number of carboxylic acids is 1. The van der Waals surface area contributed by atoms with Crippen molar-refractivity contribution in [1.82, 2.24) is 14.8 Å². The fourth-order valence-corrected chi connectivity index (χ4v) is 4.61. The standard InChI is InChI=1S/C22H27Cl2N3O4/c23-18-2-1-17(11-19(18)24)31-16-5-9-26(10-6-16)12-15-3-7-27(8-4-15)13-21-25-20(14-30-21)22(28)29/h1-2,11,14-16H,3-10,12-13H2,(H,28,29). The number of halogens is 2. The van der Waals surface area contributed by atoms with Crippen LogP contribution in [0.5, 0.6) is 5.75 Å². The number of carbonyl (C=O) groups is 1. The molecular weight excluding hydrogens is 441 g/mol. The van der Waals surface area contributed by atoms with Gasteiger partial charge in [-0.05, 0) is 56.8 Å². The Labute approximate surface area is 191 Å². The monoisotopic (exact) mass is 467 g/mol. The maximum atomic E-state index is 10.9. The van der Waals surface area contributed by atoms with Crippen LogP contribution in [0.2, 0.25) is 10.0 Å². The van der Waals surface area contributed by atoms with E-state index in [4.69, 9.17) is 37.5 Å². The van der Waals surface area contributed by atoms with Crippen molar-refractivity contribution in [3.8, 4) is 5.75 Å². The Kier molecular flexibility index (Phi) is 7.38. The molecule has 2 aromatic rings. The summed E-state index contributed by atoms with van der Waals surface area (Å²) in [5, 5.41) is 10.0. The molecule has 0 radical (unpaired) electrons. The van der Waals surface area contributed by atoms with Gasteiger partial charge in [-0.15, -0.1) is 0 Å². The summed E-state index contributed by atoms with van der Waals surface area (Å²) in [7, 11) is 0. The number of ether oxygens (including phenoxy) is 1. The van der Waals surface area contributed by atoms with Gasteiger partial charge >= 0.3 is 5.97 Å². The Morgan fingerprint density at radius 2 is 1.81 bits per heavy atom. The van der Waals surface area contributed by atoms with Crippen LogP contribution < -0.4 is 4.74 Å². The molecule has 7 nitrogen and oxygen atoms in total. The highest BCUT2D eigenvalue weighted by Gasteiger charge is 2.26. The Morgan fingerprint density at radius 3 is 2.45 bits per heavy atom. The van der Waals surface area contributed by atoms with E-state index in [1.54, 1.807) is 12.1 Å². The van der Waals surface area contributed by atoms with Crippen LogP contribution in [0.15, 0.2) is 28.9 Å². The molecule has 0 atom stereocenters. The number of carboxylic acid groups (broad SMARTS) is 1. The van der Waals surface area contributed by atoms with Gasteiger partial charge in [0.1, 0.15) is 18.1 Å². The molecule has 2 fully saturated rings. The number of hydrogen-bond donors (Lipinski definition) is 1. The van der Waals surface area contributed by atoms with Gasteiger partial charge < -0.3 is 19.2 Å². The van der Waals surface area contributed by atoms with Gasteiger partial charge in [-0.1, -0.05) is 23.2 Å². The van der Waals surface area contributed by atoms with E-state index in [0.717, 1.165) is 64.2 Å². The molecule has 1 aromatic heterocycles. The summed E-state index contributed by atoms with van der Waals surface area (Å²) in [6, 6.07) is 5.42. The highest BCUT2D eigenvalue weighted by atomic mass is 35.5. The Hall–Kier alpha value is -1.80. The summed E-state index contributed by atoms with van der Waals surface area (Å²) in [6.45, 7) is 5.73. The number of rotatable bonds is 7. The second kappa shape index (κ2) is 10.2. The van der Waals surface area contributed by atoms with Crippen LogP contribution in [0, 0.1) is 5.92 Å². The molecule has 0 bridgehead atoms. The minimum Gasteiger partial charge on any atom is -0.490 e. The fraction of sp³-hybridized carbons (Fsp3) is 0.545. The van der Waals surface area contributed by atoms with E-state index in [1.165, 1.54) is 6.26 Å². The fourth-order valence-electron chi connectivity index (χ4n) is 4.32. The van der Waals surface area contributed by atoms with E-state index in [1.807, 2.05) is 6.07 Å². The highest BCUT2D eigenvalue weighted by Crippen LogP contribution is 2.28. The summed E-state index contributed by atoms with van der Waals surface area (Å²) in [5.41, 5.74) is -0.0311. The molecular formula is C22H27Cl2N3O4. The summed E-state index contributed by atoms with van der Waals surface area (Å²) in [6.07, 6.45) is 5.70. The van der Waals surface area contributed by atoms with Crippen molar-refractivity contribution in [2.45, 2.75) is 38.3 Å². The van der Waals surface area contributed by atoms with Gasteiger partial charge in [0.05, 0.1) is 16.6 Å². The first-order chi connectivity index (χ1) is 15.0. The quantitative estimate of drug-likeness (QED) is 0.644. The normalized spacial score (nSPS) is 19.5. The van der Waals surface area contributed by atoms with Gasteiger partial charge in [0.15, 0.2) is 5.69 Å². The maximum absolute atomic E-state index is 10.9. The minimum atomic E-state index is -1.06. The van der Waals surface area contributed by atoms with E-state index in [2.05, 4.69) is 14.8 Å². The number of likely N-dealkylation sites (tertiary alicyclic amines) is 2. The summed E-state index contributed by atoms with van der Waals surface area (Å²) in [5.74, 6) is 0.879. The van der Waals surface area contributed by atoms with Gasteiger partial charge in [-0.25, -0.2) is 9.78 Å². The maximum Gasteiger partial charge on any atom is 0.357 e. The summed E-state index contributed by atoms with van der Waals surface area (Å²) >= 11 is 12.0. The molecule has 9 heteroatoms. The number of oxazole rings is 1. The smallest absolute Gasteiger partial charge is 0.357 e. The molecule has 168 valence electrons. The van der Waals surface area contributed by atoms with Gasteiger partial charge in [0, 0.05) is 25.7 Å². The van der Waals surface area contributed by atoms with Crippen molar-refractivity contribution in [2.75, 3.05) is 32.7 Å². The number of aromatic nitrogens is 1. The lowest BCUT2D eigenvalue weighted by molar-refractivity contribution is 0.0689. The van der Waals surface area contributed by atoms with Gasteiger partial charge in [-0.3, -0.25) is 4.90 Å². The summed E-state index contributed by atoms with van der Waals surface area (Å²) < 4.78 is 11.4. The molecule has 2 saturated heterocycles. The van der Waals surface area contributed by atoms with Crippen LogP contribution in [-0.4, -0.2) is 64.7 Å². The molecule has 0 amide bonds. The van der Waals surface area contributed by atoms with Crippen molar-refractivity contribution >= 4 is 29.2 Å².